The molecule has 0 bridgehead atoms. The number of carboxylic acid groups (broad SMARTS) is 1. The maximum Gasteiger partial charge on any atom is 0.337 e. The van der Waals surface area contributed by atoms with E-state index in [4.69, 9.17) is 11.6 Å². The third-order valence-corrected chi connectivity index (χ3v) is 4.13. The second-order valence-corrected chi connectivity index (χ2v) is 6.43. The lowest BCUT2D eigenvalue weighted by Crippen LogP contribution is -2.27. The third kappa shape index (κ3) is 4.99. The highest BCUT2D eigenvalue weighted by molar-refractivity contribution is 6.31. The monoisotopic (exact) mass is 374 g/mol. The van der Waals surface area contributed by atoms with Crippen molar-refractivity contribution in [2.75, 3.05) is 23.3 Å². The minimum absolute atomic E-state index is 0.177. The standard InChI is InChI=1S/C20H23ClN2O3/c1-3-10-23(11-4-2)18-9-8-16(13-17(18)20(25)26)22-19(24)14-6-5-7-15(21)12-14/h5-9,12-13H,3-4,10-11H2,1-2H3,(H,22,24)(H,25,26). The molecule has 2 rings (SSSR count). The predicted molar refractivity (Wildman–Crippen MR) is 106 cm³/mol. The van der Waals surface area contributed by atoms with E-state index in [-0.39, 0.29) is 11.5 Å². The molecule has 0 radical (unpaired) electrons. The topological polar surface area (TPSA) is 69.6 Å². The number of benzene rings is 2. The zero-order valence-corrected chi connectivity index (χ0v) is 15.7. The van der Waals surface area contributed by atoms with Crippen LogP contribution in [0.15, 0.2) is 42.5 Å². The van der Waals surface area contributed by atoms with E-state index in [1.807, 2.05) is 0 Å². The van der Waals surface area contributed by atoms with Crippen molar-refractivity contribution in [3.05, 3.63) is 58.6 Å². The van der Waals surface area contributed by atoms with E-state index in [9.17, 15) is 14.7 Å². The molecule has 0 heterocycles. The molecule has 2 aromatic carbocycles. The van der Waals surface area contributed by atoms with Crippen molar-refractivity contribution in [3.8, 4) is 0 Å². The van der Waals surface area contributed by atoms with E-state index in [1.165, 1.54) is 6.07 Å². The van der Waals surface area contributed by atoms with Crippen molar-refractivity contribution in [1.29, 1.82) is 0 Å². The van der Waals surface area contributed by atoms with E-state index in [1.54, 1.807) is 36.4 Å². The molecule has 0 unspecified atom stereocenters. The fourth-order valence-corrected chi connectivity index (χ4v) is 2.98. The number of aromatic carboxylic acids is 1. The highest BCUT2D eigenvalue weighted by Crippen LogP contribution is 2.26. The molecule has 0 aliphatic heterocycles. The lowest BCUT2D eigenvalue weighted by molar-refractivity contribution is 0.0697. The summed E-state index contributed by atoms with van der Waals surface area (Å²) in [5.74, 6) is -1.35. The van der Waals surface area contributed by atoms with Gasteiger partial charge in [-0.15, -0.1) is 0 Å². The van der Waals surface area contributed by atoms with Crippen molar-refractivity contribution in [2.45, 2.75) is 26.7 Å². The lowest BCUT2D eigenvalue weighted by Gasteiger charge is -2.25. The van der Waals surface area contributed by atoms with Crippen LogP contribution in [0, 0.1) is 0 Å². The fraction of sp³-hybridized carbons (Fsp3) is 0.300. The van der Waals surface area contributed by atoms with Crippen molar-refractivity contribution in [3.63, 3.8) is 0 Å². The Balaban J connectivity index is 2.29. The van der Waals surface area contributed by atoms with Gasteiger partial charge in [-0.2, -0.15) is 0 Å². The first-order chi connectivity index (χ1) is 12.5. The molecule has 0 fully saturated rings. The number of rotatable bonds is 8. The molecule has 2 N–H and O–H groups in total. The van der Waals surface area contributed by atoms with Crippen LogP contribution < -0.4 is 10.2 Å². The molecular weight excluding hydrogens is 352 g/mol. The van der Waals surface area contributed by atoms with E-state index in [2.05, 4.69) is 24.1 Å². The summed E-state index contributed by atoms with van der Waals surface area (Å²) in [7, 11) is 0. The van der Waals surface area contributed by atoms with Gasteiger partial charge < -0.3 is 15.3 Å². The van der Waals surface area contributed by atoms with Gasteiger partial charge in [-0.3, -0.25) is 4.79 Å². The van der Waals surface area contributed by atoms with Crippen molar-refractivity contribution in [2.24, 2.45) is 0 Å². The Labute approximate surface area is 158 Å². The normalized spacial score (nSPS) is 10.4. The van der Waals surface area contributed by atoms with Gasteiger partial charge in [-0.05, 0) is 49.2 Å². The number of hydrogen-bond acceptors (Lipinski definition) is 3. The van der Waals surface area contributed by atoms with Crippen LogP contribution >= 0.6 is 11.6 Å². The maximum absolute atomic E-state index is 12.3. The number of carbonyl (C=O) groups is 2. The summed E-state index contributed by atoms with van der Waals surface area (Å²) in [6, 6.07) is 11.6. The maximum atomic E-state index is 12.3. The molecule has 6 heteroatoms. The Morgan fingerprint density at radius 2 is 1.77 bits per heavy atom. The third-order valence-electron chi connectivity index (χ3n) is 3.90. The van der Waals surface area contributed by atoms with Crippen LogP contribution in [0.2, 0.25) is 5.02 Å². The van der Waals surface area contributed by atoms with Crippen LogP contribution in [0.3, 0.4) is 0 Å². The molecule has 0 saturated carbocycles. The average molecular weight is 375 g/mol. The van der Waals surface area contributed by atoms with E-state index in [0.717, 1.165) is 25.9 Å². The first-order valence-corrected chi connectivity index (χ1v) is 9.03. The first-order valence-electron chi connectivity index (χ1n) is 8.65. The van der Waals surface area contributed by atoms with Crippen LogP contribution in [-0.4, -0.2) is 30.1 Å². The van der Waals surface area contributed by atoms with Gasteiger partial charge in [0.25, 0.3) is 5.91 Å². The Morgan fingerprint density at radius 3 is 2.35 bits per heavy atom. The molecule has 0 atom stereocenters. The lowest BCUT2D eigenvalue weighted by atomic mass is 10.1. The van der Waals surface area contributed by atoms with Crippen molar-refractivity contribution >= 4 is 34.9 Å². The Hall–Kier alpha value is -2.53. The quantitative estimate of drug-likeness (QED) is 0.688. The molecule has 0 aliphatic carbocycles. The summed E-state index contributed by atoms with van der Waals surface area (Å²) in [5, 5.41) is 12.8. The summed E-state index contributed by atoms with van der Waals surface area (Å²) >= 11 is 5.91. The summed E-state index contributed by atoms with van der Waals surface area (Å²) in [5.41, 5.74) is 1.69. The van der Waals surface area contributed by atoms with E-state index >= 15 is 0 Å². The largest absolute Gasteiger partial charge is 0.478 e. The molecule has 0 aliphatic rings. The van der Waals surface area contributed by atoms with Gasteiger partial charge in [0.05, 0.1) is 11.3 Å². The summed E-state index contributed by atoms with van der Waals surface area (Å²) in [6.07, 6.45) is 1.85. The Bertz CT molecular complexity index is 786. The minimum Gasteiger partial charge on any atom is -0.478 e. The fourth-order valence-electron chi connectivity index (χ4n) is 2.79. The number of halogens is 1. The van der Waals surface area contributed by atoms with Crippen LogP contribution in [0.4, 0.5) is 11.4 Å². The van der Waals surface area contributed by atoms with Gasteiger partial charge in [-0.1, -0.05) is 31.5 Å². The highest BCUT2D eigenvalue weighted by Gasteiger charge is 2.17. The first kappa shape index (κ1) is 19.8. The van der Waals surface area contributed by atoms with Crippen molar-refractivity contribution in [1.82, 2.24) is 0 Å². The zero-order valence-electron chi connectivity index (χ0n) is 15.0. The molecular formula is C20H23ClN2O3. The number of nitrogens with one attached hydrogen (secondary N) is 1. The number of carbonyl (C=O) groups excluding carboxylic acids is 1. The summed E-state index contributed by atoms with van der Waals surface area (Å²) < 4.78 is 0. The SMILES string of the molecule is CCCN(CCC)c1ccc(NC(=O)c2cccc(Cl)c2)cc1C(=O)O. The van der Waals surface area contributed by atoms with Gasteiger partial charge in [0, 0.05) is 29.4 Å². The summed E-state index contributed by atoms with van der Waals surface area (Å²) in [6.45, 7) is 5.68. The minimum atomic E-state index is -1.02. The highest BCUT2D eigenvalue weighted by atomic mass is 35.5. The molecule has 0 spiro atoms. The van der Waals surface area contributed by atoms with Gasteiger partial charge in [-0.25, -0.2) is 4.79 Å². The van der Waals surface area contributed by atoms with Crippen LogP contribution in [-0.2, 0) is 0 Å². The average Bonchev–Trinajstić information content (AvgIpc) is 2.61. The zero-order chi connectivity index (χ0) is 19.1. The molecule has 0 saturated heterocycles. The second-order valence-electron chi connectivity index (χ2n) is 5.99. The van der Waals surface area contributed by atoms with Gasteiger partial charge in [0.15, 0.2) is 0 Å². The number of carboxylic acids is 1. The van der Waals surface area contributed by atoms with Gasteiger partial charge in [0.2, 0.25) is 0 Å². The number of hydrogen-bond donors (Lipinski definition) is 2. The molecule has 26 heavy (non-hydrogen) atoms. The molecule has 138 valence electrons. The molecule has 1 amide bonds. The van der Waals surface area contributed by atoms with E-state index in [0.29, 0.717) is 22.0 Å². The predicted octanol–water partition coefficient (Wildman–Crippen LogP) is 4.92. The van der Waals surface area contributed by atoms with Crippen LogP contribution in [0.1, 0.15) is 47.4 Å². The number of anilines is 2. The van der Waals surface area contributed by atoms with Crippen LogP contribution in [0.25, 0.3) is 0 Å². The number of nitrogens with zero attached hydrogens (tertiary/aromatic N) is 1. The van der Waals surface area contributed by atoms with Gasteiger partial charge in [0.1, 0.15) is 0 Å². The smallest absolute Gasteiger partial charge is 0.337 e. The Kier molecular flexibility index (Phi) is 7.04. The van der Waals surface area contributed by atoms with Gasteiger partial charge >= 0.3 is 5.97 Å². The Morgan fingerprint density at radius 1 is 1.08 bits per heavy atom. The molecule has 5 nitrogen and oxygen atoms in total. The number of amides is 1. The van der Waals surface area contributed by atoms with Crippen LogP contribution in [0.5, 0.6) is 0 Å². The van der Waals surface area contributed by atoms with Crippen molar-refractivity contribution < 1.29 is 14.7 Å². The van der Waals surface area contributed by atoms with E-state index < -0.39 is 5.97 Å². The molecule has 0 aromatic heterocycles. The second kappa shape index (κ2) is 9.25. The molecule has 2 aromatic rings. The summed E-state index contributed by atoms with van der Waals surface area (Å²) in [4.78, 5) is 26.1.